The van der Waals surface area contributed by atoms with E-state index in [1.165, 1.54) is 0 Å². The van der Waals surface area contributed by atoms with E-state index in [0.29, 0.717) is 12.0 Å². The molecule has 0 aliphatic heterocycles. The van der Waals surface area contributed by atoms with E-state index in [0.717, 1.165) is 42.7 Å². The number of nitrogen functional groups attached to an aromatic ring is 1. The molecule has 0 aliphatic rings. The van der Waals surface area contributed by atoms with Gasteiger partial charge in [0, 0.05) is 13.1 Å². The summed E-state index contributed by atoms with van der Waals surface area (Å²) in [6.07, 6.45) is 3.05. The molecule has 0 aliphatic carbocycles. The number of hydrogen-bond acceptors (Lipinski definition) is 4. The van der Waals surface area contributed by atoms with Crippen LogP contribution in [0.25, 0.3) is 11.2 Å². The van der Waals surface area contributed by atoms with Crippen LogP contribution in [0.3, 0.4) is 0 Å². The number of aryl methyl sites for hydroxylation is 2. The Morgan fingerprint density at radius 2 is 2.05 bits per heavy atom. The van der Waals surface area contributed by atoms with E-state index in [4.69, 9.17) is 5.73 Å². The number of aromatic nitrogens is 4. The molecule has 0 saturated heterocycles. The number of nitrogens with two attached hydrogens (primary N) is 1. The van der Waals surface area contributed by atoms with E-state index in [2.05, 4.69) is 47.5 Å². The monoisotopic (exact) mass is 278 g/mol. The first-order valence-electron chi connectivity index (χ1n) is 7.29. The summed E-state index contributed by atoms with van der Waals surface area (Å²) < 4.78 is 4.03. The Balaban J connectivity index is 2.40. The number of rotatable bonds is 6. The van der Waals surface area contributed by atoms with E-state index < -0.39 is 0 Å². The molecule has 6 nitrogen and oxygen atoms in total. The minimum absolute atomic E-state index is 0.312. The third kappa shape index (κ3) is 2.65. The molecular weight excluding hydrogens is 252 g/mol. The molecule has 0 fully saturated rings. The fraction of sp³-hybridized carbons (Fsp3) is 0.714. The van der Waals surface area contributed by atoms with Crippen LogP contribution in [0.1, 0.15) is 38.4 Å². The summed E-state index contributed by atoms with van der Waals surface area (Å²) in [5.74, 6) is 0.594. The highest BCUT2D eigenvalue weighted by atomic mass is 15.4. The number of fused-ring (bicyclic) bond motifs is 1. The predicted octanol–water partition coefficient (Wildman–Crippen LogP) is 1.82. The standard InChI is InChI=1S/C14H26N6/c1-6-7-11-12-13(19(5)17-11)20(14(15)16-12)10(2)8-9-18(3)4/h10H,6-9H2,1-5H3,(H2,15,16). The Kier molecular flexibility index (Phi) is 4.32. The quantitative estimate of drug-likeness (QED) is 0.875. The lowest BCUT2D eigenvalue weighted by Crippen LogP contribution is -2.19. The van der Waals surface area contributed by atoms with Crippen LogP contribution in [0, 0.1) is 0 Å². The van der Waals surface area contributed by atoms with Gasteiger partial charge in [0.15, 0.2) is 5.65 Å². The number of nitrogens with zero attached hydrogens (tertiary/aromatic N) is 5. The van der Waals surface area contributed by atoms with Crippen LogP contribution in [0.15, 0.2) is 0 Å². The number of hydrogen-bond donors (Lipinski definition) is 1. The summed E-state index contributed by atoms with van der Waals surface area (Å²) in [4.78, 5) is 6.73. The average molecular weight is 278 g/mol. The fourth-order valence-corrected chi connectivity index (χ4v) is 2.63. The van der Waals surface area contributed by atoms with Gasteiger partial charge in [0.25, 0.3) is 0 Å². The Hall–Kier alpha value is -1.56. The highest BCUT2D eigenvalue weighted by molar-refractivity contribution is 5.78. The highest BCUT2D eigenvalue weighted by Gasteiger charge is 2.20. The molecule has 2 heterocycles. The molecule has 0 amide bonds. The fourth-order valence-electron chi connectivity index (χ4n) is 2.63. The normalized spacial score (nSPS) is 13.5. The van der Waals surface area contributed by atoms with Crippen molar-refractivity contribution in [2.24, 2.45) is 7.05 Å². The van der Waals surface area contributed by atoms with Gasteiger partial charge in [-0.25, -0.2) is 4.98 Å². The largest absolute Gasteiger partial charge is 0.369 e. The minimum atomic E-state index is 0.312. The average Bonchev–Trinajstić information content (AvgIpc) is 2.85. The maximum Gasteiger partial charge on any atom is 0.202 e. The summed E-state index contributed by atoms with van der Waals surface area (Å²) in [6, 6.07) is 0.312. The SMILES string of the molecule is CCCc1nn(C)c2c1nc(N)n2C(C)CCN(C)C. The third-order valence-electron chi connectivity index (χ3n) is 3.69. The van der Waals surface area contributed by atoms with Crippen LogP contribution in [0.2, 0.25) is 0 Å². The molecule has 2 N–H and O–H groups in total. The van der Waals surface area contributed by atoms with Crippen LogP contribution >= 0.6 is 0 Å². The molecule has 6 heteroatoms. The van der Waals surface area contributed by atoms with Crippen LogP contribution in [-0.2, 0) is 13.5 Å². The van der Waals surface area contributed by atoms with Crippen molar-refractivity contribution in [2.75, 3.05) is 26.4 Å². The molecule has 0 saturated carbocycles. The summed E-state index contributed by atoms with van der Waals surface area (Å²) >= 11 is 0. The van der Waals surface area contributed by atoms with Gasteiger partial charge < -0.3 is 10.6 Å². The van der Waals surface area contributed by atoms with E-state index in [9.17, 15) is 0 Å². The zero-order chi connectivity index (χ0) is 14.9. The number of imidazole rings is 1. The molecule has 20 heavy (non-hydrogen) atoms. The van der Waals surface area contributed by atoms with Gasteiger partial charge in [-0.15, -0.1) is 0 Å². The summed E-state index contributed by atoms with van der Waals surface area (Å²) in [5.41, 5.74) is 9.19. The van der Waals surface area contributed by atoms with Crippen molar-refractivity contribution in [1.82, 2.24) is 24.2 Å². The zero-order valence-electron chi connectivity index (χ0n) is 13.2. The lowest BCUT2D eigenvalue weighted by molar-refractivity contribution is 0.360. The minimum Gasteiger partial charge on any atom is -0.369 e. The van der Waals surface area contributed by atoms with Gasteiger partial charge in [0.2, 0.25) is 5.95 Å². The molecule has 2 aromatic heterocycles. The van der Waals surface area contributed by atoms with Gasteiger partial charge in [-0.2, -0.15) is 5.10 Å². The van der Waals surface area contributed by atoms with Crippen LogP contribution < -0.4 is 5.73 Å². The molecular formula is C14H26N6. The molecule has 2 rings (SSSR count). The van der Waals surface area contributed by atoms with Crippen molar-refractivity contribution >= 4 is 17.1 Å². The molecule has 0 bridgehead atoms. The Morgan fingerprint density at radius 1 is 1.35 bits per heavy atom. The Bertz CT molecular complexity index is 580. The predicted molar refractivity (Wildman–Crippen MR) is 82.8 cm³/mol. The van der Waals surface area contributed by atoms with Crippen LogP contribution in [0.5, 0.6) is 0 Å². The smallest absolute Gasteiger partial charge is 0.202 e. The van der Waals surface area contributed by atoms with E-state index >= 15 is 0 Å². The first-order chi connectivity index (χ1) is 9.45. The molecule has 0 radical (unpaired) electrons. The Labute approximate surface area is 120 Å². The second-order valence-corrected chi connectivity index (χ2v) is 5.77. The van der Waals surface area contributed by atoms with Crippen molar-refractivity contribution in [3.63, 3.8) is 0 Å². The van der Waals surface area contributed by atoms with Crippen LogP contribution in [-0.4, -0.2) is 44.9 Å². The highest BCUT2D eigenvalue weighted by Crippen LogP contribution is 2.26. The lowest BCUT2D eigenvalue weighted by atomic mass is 10.2. The van der Waals surface area contributed by atoms with Crippen molar-refractivity contribution in [3.05, 3.63) is 5.69 Å². The number of anilines is 1. The first-order valence-corrected chi connectivity index (χ1v) is 7.29. The van der Waals surface area contributed by atoms with Gasteiger partial charge >= 0.3 is 0 Å². The van der Waals surface area contributed by atoms with Crippen molar-refractivity contribution in [2.45, 2.75) is 39.2 Å². The van der Waals surface area contributed by atoms with E-state index in [1.54, 1.807) is 0 Å². The van der Waals surface area contributed by atoms with Gasteiger partial charge in [-0.3, -0.25) is 9.25 Å². The van der Waals surface area contributed by atoms with Gasteiger partial charge in [0.05, 0.1) is 5.69 Å². The van der Waals surface area contributed by atoms with E-state index in [-0.39, 0.29) is 0 Å². The third-order valence-corrected chi connectivity index (χ3v) is 3.69. The molecule has 112 valence electrons. The first kappa shape index (κ1) is 14.8. The molecule has 1 unspecified atom stereocenters. The van der Waals surface area contributed by atoms with Gasteiger partial charge in [0.1, 0.15) is 5.52 Å². The molecule has 2 aromatic rings. The van der Waals surface area contributed by atoms with Crippen molar-refractivity contribution in [1.29, 1.82) is 0 Å². The maximum atomic E-state index is 6.14. The second-order valence-electron chi connectivity index (χ2n) is 5.77. The van der Waals surface area contributed by atoms with E-state index in [1.807, 2.05) is 11.7 Å². The Morgan fingerprint density at radius 3 is 2.65 bits per heavy atom. The zero-order valence-corrected chi connectivity index (χ0v) is 13.2. The lowest BCUT2D eigenvalue weighted by Gasteiger charge is -2.18. The van der Waals surface area contributed by atoms with Crippen LogP contribution in [0.4, 0.5) is 5.95 Å². The maximum absolute atomic E-state index is 6.14. The topological polar surface area (TPSA) is 64.9 Å². The summed E-state index contributed by atoms with van der Waals surface area (Å²) in [5, 5.41) is 4.59. The van der Waals surface area contributed by atoms with Crippen molar-refractivity contribution < 1.29 is 0 Å². The summed E-state index contributed by atoms with van der Waals surface area (Å²) in [6.45, 7) is 5.37. The molecule has 1 atom stereocenters. The van der Waals surface area contributed by atoms with Gasteiger partial charge in [-0.1, -0.05) is 13.3 Å². The molecule has 0 spiro atoms. The van der Waals surface area contributed by atoms with Gasteiger partial charge in [-0.05, 0) is 40.4 Å². The second kappa shape index (κ2) is 5.83. The van der Waals surface area contributed by atoms with Crippen molar-refractivity contribution in [3.8, 4) is 0 Å². The molecule has 0 aromatic carbocycles. The summed E-state index contributed by atoms with van der Waals surface area (Å²) in [7, 11) is 6.14.